The first kappa shape index (κ1) is 20.6. The van der Waals surface area contributed by atoms with Crippen LogP contribution in [-0.4, -0.2) is 20.5 Å². The third-order valence-corrected chi connectivity index (χ3v) is 5.21. The molecule has 5 nitrogen and oxygen atoms in total. The molecule has 31 heavy (non-hydrogen) atoms. The Morgan fingerprint density at radius 3 is 2.42 bits per heavy atom. The Labute approximate surface area is 176 Å². The molecule has 0 bridgehead atoms. The number of hydrogen-bond donors (Lipinski definition) is 1. The highest BCUT2D eigenvalue weighted by Crippen LogP contribution is 2.33. The maximum absolute atomic E-state index is 13.7. The topological polar surface area (TPSA) is 59.3 Å². The summed E-state index contributed by atoms with van der Waals surface area (Å²) >= 11 is 0. The van der Waals surface area contributed by atoms with Gasteiger partial charge >= 0.3 is 6.18 Å². The van der Waals surface area contributed by atoms with Gasteiger partial charge in [-0.1, -0.05) is 42.0 Å². The van der Waals surface area contributed by atoms with Crippen LogP contribution >= 0.6 is 0 Å². The van der Waals surface area contributed by atoms with E-state index in [4.69, 9.17) is 0 Å². The Hall–Kier alpha value is -3.68. The zero-order valence-corrected chi connectivity index (χ0v) is 17.1. The van der Waals surface area contributed by atoms with E-state index in [1.165, 1.54) is 0 Å². The number of fused-ring (bicyclic) bond motifs is 1. The molecule has 1 N–H and O–H groups in total. The van der Waals surface area contributed by atoms with Gasteiger partial charge in [-0.3, -0.25) is 4.79 Å². The summed E-state index contributed by atoms with van der Waals surface area (Å²) in [4.78, 5) is 17.3. The first-order valence-corrected chi connectivity index (χ1v) is 9.56. The number of anilines is 1. The van der Waals surface area contributed by atoms with E-state index in [0.717, 1.165) is 29.0 Å². The number of hydrogen-bond acceptors (Lipinski definition) is 3. The van der Waals surface area contributed by atoms with Crippen molar-refractivity contribution in [3.63, 3.8) is 0 Å². The smallest absolute Gasteiger partial charge is 0.322 e. The fourth-order valence-electron chi connectivity index (χ4n) is 3.27. The monoisotopic (exact) mass is 424 g/mol. The molecule has 2 aromatic carbocycles. The predicted molar refractivity (Wildman–Crippen MR) is 112 cm³/mol. The van der Waals surface area contributed by atoms with Crippen LogP contribution in [0.15, 0.2) is 54.7 Å². The Bertz CT molecular complexity index is 1290. The highest BCUT2D eigenvalue weighted by molar-refractivity contribution is 6.08. The molecular formula is C23H19F3N4O. The lowest BCUT2D eigenvalue weighted by Gasteiger charge is -2.12. The molecule has 0 atom stereocenters. The molecular weight excluding hydrogens is 405 g/mol. The molecule has 0 aliphatic rings. The molecule has 2 heterocycles. The first-order valence-electron chi connectivity index (χ1n) is 9.56. The van der Waals surface area contributed by atoms with Crippen LogP contribution in [0.25, 0.3) is 16.9 Å². The minimum absolute atomic E-state index is 0.0413. The van der Waals surface area contributed by atoms with Gasteiger partial charge in [0.2, 0.25) is 0 Å². The van der Waals surface area contributed by atoms with E-state index in [-0.39, 0.29) is 16.9 Å². The molecule has 0 spiro atoms. The molecule has 1 amide bonds. The van der Waals surface area contributed by atoms with E-state index in [9.17, 15) is 18.0 Å². The van der Waals surface area contributed by atoms with Crippen molar-refractivity contribution in [3.05, 3.63) is 82.7 Å². The van der Waals surface area contributed by atoms with Gasteiger partial charge in [-0.2, -0.15) is 18.3 Å². The van der Waals surface area contributed by atoms with Crippen LogP contribution in [0.1, 0.15) is 32.7 Å². The van der Waals surface area contributed by atoms with Crippen molar-refractivity contribution in [3.8, 4) is 11.3 Å². The third-order valence-electron chi connectivity index (χ3n) is 5.21. The summed E-state index contributed by atoms with van der Waals surface area (Å²) in [6, 6.07) is 13.4. The molecule has 4 aromatic rings. The second kappa shape index (κ2) is 7.54. The van der Waals surface area contributed by atoms with E-state index in [1.807, 2.05) is 26.8 Å². The average Bonchev–Trinajstić information content (AvgIpc) is 3.14. The Morgan fingerprint density at radius 2 is 1.74 bits per heavy atom. The minimum atomic E-state index is -4.67. The number of rotatable bonds is 3. The van der Waals surface area contributed by atoms with E-state index in [2.05, 4.69) is 15.4 Å². The van der Waals surface area contributed by atoms with Crippen molar-refractivity contribution < 1.29 is 18.0 Å². The summed E-state index contributed by atoms with van der Waals surface area (Å²) in [6.45, 7) is 5.65. The number of aromatic nitrogens is 3. The van der Waals surface area contributed by atoms with Gasteiger partial charge in [0.1, 0.15) is 5.56 Å². The number of benzene rings is 2. The van der Waals surface area contributed by atoms with Gasteiger partial charge < -0.3 is 5.32 Å². The number of halogens is 3. The van der Waals surface area contributed by atoms with Gasteiger partial charge in [0.15, 0.2) is 11.3 Å². The zero-order valence-electron chi connectivity index (χ0n) is 17.1. The number of amides is 1. The lowest BCUT2D eigenvalue weighted by molar-refractivity contribution is -0.142. The summed E-state index contributed by atoms with van der Waals surface area (Å²) in [5.41, 5.74) is 2.83. The van der Waals surface area contributed by atoms with Gasteiger partial charge in [0.05, 0.1) is 11.9 Å². The number of nitrogens with one attached hydrogen (secondary N) is 1. The van der Waals surface area contributed by atoms with Crippen LogP contribution in [0.5, 0.6) is 0 Å². The fraction of sp³-hybridized carbons (Fsp3) is 0.174. The molecule has 0 fully saturated rings. The molecule has 0 aliphatic carbocycles. The van der Waals surface area contributed by atoms with Gasteiger partial charge in [-0.25, -0.2) is 9.50 Å². The quantitative estimate of drug-likeness (QED) is 0.466. The van der Waals surface area contributed by atoms with Crippen molar-refractivity contribution in [2.45, 2.75) is 26.9 Å². The molecule has 2 aromatic heterocycles. The van der Waals surface area contributed by atoms with Crippen molar-refractivity contribution in [2.75, 3.05) is 5.32 Å². The Kier molecular flexibility index (Phi) is 5.00. The number of nitrogens with zero attached hydrogens (tertiary/aromatic N) is 3. The average molecular weight is 424 g/mol. The number of aryl methyl sites for hydroxylation is 2. The van der Waals surface area contributed by atoms with Crippen molar-refractivity contribution in [1.82, 2.24) is 14.6 Å². The van der Waals surface area contributed by atoms with Crippen molar-refractivity contribution in [1.29, 1.82) is 0 Å². The second-order valence-electron chi connectivity index (χ2n) is 7.39. The van der Waals surface area contributed by atoms with Crippen LogP contribution in [-0.2, 0) is 6.18 Å². The molecule has 0 aliphatic heterocycles. The molecule has 0 saturated carbocycles. The maximum Gasteiger partial charge on any atom is 0.433 e. The number of carbonyl (C=O) groups is 1. The first-order chi connectivity index (χ1) is 14.6. The normalized spacial score (nSPS) is 11.7. The van der Waals surface area contributed by atoms with Gasteiger partial charge in [0, 0.05) is 11.3 Å². The molecule has 4 rings (SSSR count). The van der Waals surface area contributed by atoms with Gasteiger partial charge in [0.25, 0.3) is 5.91 Å². The molecule has 0 unspecified atom stereocenters. The van der Waals surface area contributed by atoms with E-state index in [1.54, 1.807) is 36.4 Å². The largest absolute Gasteiger partial charge is 0.433 e. The van der Waals surface area contributed by atoms with E-state index < -0.39 is 17.8 Å². The highest BCUT2D eigenvalue weighted by atomic mass is 19.4. The lowest BCUT2D eigenvalue weighted by atomic mass is 10.1. The zero-order chi connectivity index (χ0) is 22.3. The van der Waals surface area contributed by atoms with Crippen LogP contribution in [0.3, 0.4) is 0 Å². The van der Waals surface area contributed by atoms with Crippen LogP contribution in [0, 0.1) is 20.8 Å². The summed E-state index contributed by atoms with van der Waals surface area (Å²) in [7, 11) is 0. The Balaban J connectivity index is 1.85. The SMILES string of the molecule is Cc1ccc(-c2cc(C(F)(F)F)n3ncc(C(=O)Nc4cccc(C)c4C)c3n2)cc1. The van der Waals surface area contributed by atoms with Crippen LogP contribution in [0.2, 0.25) is 0 Å². The summed E-state index contributed by atoms with van der Waals surface area (Å²) in [5.74, 6) is -0.578. The van der Waals surface area contributed by atoms with Crippen molar-refractivity contribution >= 4 is 17.2 Å². The second-order valence-corrected chi connectivity index (χ2v) is 7.39. The summed E-state index contributed by atoms with van der Waals surface area (Å²) in [5, 5.41) is 6.57. The van der Waals surface area contributed by atoms with E-state index >= 15 is 0 Å². The maximum atomic E-state index is 13.7. The summed E-state index contributed by atoms with van der Waals surface area (Å²) < 4.78 is 41.9. The lowest BCUT2D eigenvalue weighted by Crippen LogP contribution is -2.16. The molecule has 0 saturated heterocycles. The highest BCUT2D eigenvalue weighted by Gasteiger charge is 2.36. The minimum Gasteiger partial charge on any atom is -0.322 e. The van der Waals surface area contributed by atoms with Gasteiger partial charge in [-0.15, -0.1) is 0 Å². The van der Waals surface area contributed by atoms with Crippen LogP contribution < -0.4 is 5.32 Å². The van der Waals surface area contributed by atoms with Gasteiger partial charge in [-0.05, 0) is 44.0 Å². The molecule has 8 heteroatoms. The van der Waals surface area contributed by atoms with E-state index in [0.29, 0.717) is 15.8 Å². The molecule has 158 valence electrons. The predicted octanol–water partition coefficient (Wildman–Crippen LogP) is 5.59. The van der Waals surface area contributed by atoms with Crippen molar-refractivity contribution in [2.24, 2.45) is 0 Å². The third kappa shape index (κ3) is 3.88. The standard InChI is InChI=1S/C23H19F3N4O/c1-13-7-9-16(10-8-13)19-11-20(23(24,25)26)30-21(28-19)17(12-27-30)22(31)29-18-6-4-5-14(2)15(18)3/h4-12H,1-3H3,(H,29,31). The molecule has 0 radical (unpaired) electrons. The fourth-order valence-corrected chi connectivity index (χ4v) is 3.27. The summed E-state index contributed by atoms with van der Waals surface area (Å²) in [6.07, 6.45) is -3.56. The number of alkyl halides is 3. The number of carbonyl (C=O) groups excluding carboxylic acids is 1. The Morgan fingerprint density at radius 1 is 1.03 bits per heavy atom. The van der Waals surface area contributed by atoms with Crippen LogP contribution in [0.4, 0.5) is 18.9 Å².